The number of rotatable bonds is 10. The first kappa shape index (κ1) is 17.2. The molecule has 114 valence electrons. The number of ether oxygens (including phenoxy) is 2. The lowest BCUT2D eigenvalue weighted by molar-refractivity contribution is 0.0589. The molecule has 0 spiro atoms. The lowest BCUT2D eigenvalue weighted by atomic mass is 9.99. The molecule has 0 aliphatic rings. The van der Waals surface area contributed by atoms with Gasteiger partial charge in [-0.25, -0.2) is 0 Å². The van der Waals surface area contributed by atoms with Crippen molar-refractivity contribution in [2.45, 2.75) is 39.2 Å². The van der Waals surface area contributed by atoms with Crippen molar-refractivity contribution < 1.29 is 9.47 Å². The van der Waals surface area contributed by atoms with Crippen LogP contribution in [0.15, 0.2) is 24.3 Å². The lowest BCUT2D eigenvalue weighted by Gasteiger charge is -2.18. The summed E-state index contributed by atoms with van der Waals surface area (Å²) in [4.78, 5) is 0. The average molecular weight is 279 g/mol. The number of methoxy groups -OCH3 is 1. The summed E-state index contributed by atoms with van der Waals surface area (Å²) < 4.78 is 10.6. The summed E-state index contributed by atoms with van der Waals surface area (Å²) in [7, 11) is 1.70. The van der Waals surface area contributed by atoms with E-state index in [2.05, 4.69) is 50.4 Å². The third-order valence-corrected chi connectivity index (χ3v) is 3.37. The van der Waals surface area contributed by atoms with Crippen molar-refractivity contribution in [3.05, 3.63) is 35.4 Å². The average Bonchev–Trinajstić information content (AvgIpc) is 2.44. The summed E-state index contributed by atoms with van der Waals surface area (Å²) in [5.74, 6) is 0.589. The molecule has 1 rings (SSSR count). The molecule has 1 aromatic rings. The standard InChI is InChI=1S/C17H29NO2/c1-5-18-17(13-20-11-10-19-4)12-15-6-8-16(9-7-15)14(2)3/h6-9,14,17-18H,5,10-13H2,1-4H3. The molecule has 0 aliphatic heterocycles. The van der Waals surface area contributed by atoms with Crippen LogP contribution in [-0.4, -0.2) is 39.5 Å². The molecule has 20 heavy (non-hydrogen) atoms. The maximum atomic E-state index is 5.64. The van der Waals surface area contributed by atoms with Crippen LogP contribution in [0, 0.1) is 0 Å². The van der Waals surface area contributed by atoms with E-state index in [9.17, 15) is 0 Å². The Morgan fingerprint density at radius 1 is 1.10 bits per heavy atom. The van der Waals surface area contributed by atoms with E-state index < -0.39 is 0 Å². The van der Waals surface area contributed by atoms with Gasteiger partial charge in [-0.3, -0.25) is 0 Å². The zero-order valence-corrected chi connectivity index (χ0v) is 13.3. The first-order valence-electron chi connectivity index (χ1n) is 7.56. The van der Waals surface area contributed by atoms with Gasteiger partial charge in [0.05, 0.1) is 19.8 Å². The molecule has 3 nitrogen and oxygen atoms in total. The number of benzene rings is 1. The van der Waals surface area contributed by atoms with Crippen LogP contribution in [0.1, 0.15) is 37.8 Å². The van der Waals surface area contributed by atoms with Gasteiger partial charge in [-0.1, -0.05) is 45.0 Å². The first-order valence-corrected chi connectivity index (χ1v) is 7.56. The van der Waals surface area contributed by atoms with Gasteiger partial charge in [-0.15, -0.1) is 0 Å². The molecule has 0 bridgehead atoms. The fraction of sp³-hybridized carbons (Fsp3) is 0.647. The van der Waals surface area contributed by atoms with Gasteiger partial charge in [0.25, 0.3) is 0 Å². The Morgan fingerprint density at radius 2 is 1.80 bits per heavy atom. The van der Waals surface area contributed by atoms with E-state index in [4.69, 9.17) is 9.47 Å². The minimum Gasteiger partial charge on any atom is -0.382 e. The molecule has 0 heterocycles. The molecule has 0 saturated heterocycles. The SMILES string of the molecule is CCNC(COCCOC)Cc1ccc(C(C)C)cc1. The molecule has 3 heteroatoms. The molecular formula is C17H29NO2. The maximum Gasteiger partial charge on any atom is 0.0701 e. The number of hydrogen-bond acceptors (Lipinski definition) is 3. The van der Waals surface area contributed by atoms with Gasteiger partial charge in [-0.2, -0.15) is 0 Å². The van der Waals surface area contributed by atoms with E-state index in [-0.39, 0.29) is 0 Å². The zero-order valence-electron chi connectivity index (χ0n) is 13.3. The predicted molar refractivity (Wildman–Crippen MR) is 84.4 cm³/mol. The molecule has 0 saturated carbocycles. The van der Waals surface area contributed by atoms with E-state index in [1.807, 2.05) is 0 Å². The van der Waals surface area contributed by atoms with Crippen LogP contribution in [-0.2, 0) is 15.9 Å². The van der Waals surface area contributed by atoms with Gasteiger partial charge < -0.3 is 14.8 Å². The Hall–Kier alpha value is -0.900. The smallest absolute Gasteiger partial charge is 0.0701 e. The maximum absolute atomic E-state index is 5.64. The van der Waals surface area contributed by atoms with Crippen molar-refractivity contribution >= 4 is 0 Å². The third-order valence-electron chi connectivity index (χ3n) is 3.37. The van der Waals surface area contributed by atoms with Crippen LogP contribution in [0.2, 0.25) is 0 Å². The van der Waals surface area contributed by atoms with Crippen LogP contribution in [0.4, 0.5) is 0 Å². The van der Waals surface area contributed by atoms with Crippen molar-refractivity contribution in [3.8, 4) is 0 Å². The van der Waals surface area contributed by atoms with Gasteiger partial charge in [-0.05, 0) is 30.0 Å². The van der Waals surface area contributed by atoms with Crippen LogP contribution in [0.5, 0.6) is 0 Å². The minimum absolute atomic E-state index is 0.363. The second kappa shape index (κ2) is 9.92. The molecule has 0 aliphatic carbocycles. The van der Waals surface area contributed by atoms with Crippen LogP contribution in [0.25, 0.3) is 0 Å². The fourth-order valence-electron chi connectivity index (χ4n) is 2.17. The Morgan fingerprint density at radius 3 is 2.35 bits per heavy atom. The Balaban J connectivity index is 2.47. The third kappa shape index (κ3) is 6.51. The second-order valence-corrected chi connectivity index (χ2v) is 5.42. The highest BCUT2D eigenvalue weighted by Gasteiger charge is 2.09. The normalized spacial score (nSPS) is 12.8. The molecule has 1 unspecified atom stereocenters. The molecule has 1 aromatic carbocycles. The Labute approximate surface area is 123 Å². The summed E-state index contributed by atoms with van der Waals surface area (Å²) in [5.41, 5.74) is 2.75. The summed E-state index contributed by atoms with van der Waals surface area (Å²) in [6.45, 7) is 9.57. The minimum atomic E-state index is 0.363. The highest BCUT2D eigenvalue weighted by atomic mass is 16.5. The van der Waals surface area contributed by atoms with Crippen LogP contribution >= 0.6 is 0 Å². The van der Waals surface area contributed by atoms with E-state index in [1.165, 1.54) is 11.1 Å². The predicted octanol–water partition coefficient (Wildman–Crippen LogP) is 2.99. The van der Waals surface area contributed by atoms with E-state index in [0.717, 1.165) is 19.6 Å². The monoisotopic (exact) mass is 279 g/mol. The second-order valence-electron chi connectivity index (χ2n) is 5.42. The highest BCUT2D eigenvalue weighted by Crippen LogP contribution is 2.15. The zero-order chi connectivity index (χ0) is 14.8. The fourth-order valence-corrected chi connectivity index (χ4v) is 2.17. The van der Waals surface area contributed by atoms with Gasteiger partial charge >= 0.3 is 0 Å². The number of nitrogens with one attached hydrogen (secondary N) is 1. The van der Waals surface area contributed by atoms with Crippen LogP contribution in [0.3, 0.4) is 0 Å². The van der Waals surface area contributed by atoms with E-state index in [1.54, 1.807) is 7.11 Å². The van der Waals surface area contributed by atoms with Crippen molar-refractivity contribution in [2.24, 2.45) is 0 Å². The molecular weight excluding hydrogens is 250 g/mol. The molecule has 0 amide bonds. The first-order chi connectivity index (χ1) is 9.67. The summed E-state index contributed by atoms with van der Waals surface area (Å²) >= 11 is 0. The number of likely N-dealkylation sites (N-methyl/N-ethyl adjacent to an activating group) is 1. The molecule has 1 N–H and O–H groups in total. The topological polar surface area (TPSA) is 30.5 Å². The van der Waals surface area contributed by atoms with Crippen molar-refractivity contribution in [1.29, 1.82) is 0 Å². The lowest BCUT2D eigenvalue weighted by Crippen LogP contribution is -2.35. The number of hydrogen-bond donors (Lipinski definition) is 1. The van der Waals surface area contributed by atoms with Crippen molar-refractivity contribution in [3.63, 3.8) is 0 Å². The Kier molecular flexibility index (Phi) is 8.51. The van der Waals surface area contributed by atoms with Gasteiger partial charge in [0.2, 0.25) is 0 Å². The molecule has 0 fully saturated rings. The Bertz CT molecular complexity index is 349. The van der Waals surface area contributed by atoms with Gasteiger partial charge in [0.15, 0.2) is 0 Å². The molecule has 0 radical (unpaired) electrons. The molecule has 0 aromatic heterocycles. The van der Waals surface area contributed by atoms with Gasteiger partial charge in [0, 0.05) is 13.2 Å². The largest absolute Gasteiger partial charge is 0.382 e. The summed E-state index contributed by atoms with van der Waals surface area (Å²) in [6.07, 6.45) is 0.999. The quantitative estimate of drug-likeness (QED) is 0.668. The highest BCUT2D eigenvalue weighted by molar-refractivity contribution is 5.25. The molecule has 1 atom stereocenters. The summed E-state index contributed by atoms with van der Waals surface area (Å²) in [5, 5.41) is 3.48. The van der Waals surface area contributed by atoms with Gasteiger partial charge in [0.1, 0.15) is 0 Å². The summed E-state index contributed by atoms with van der Waals surface area (Å²) in [6, 6.07) is 9.29. The van der Waals surface area contributed by atoms with E-state index >= 15 is 0 Å². The van der Waals surface area contributed by atoms with Crippen LogP contribution < -0.4 is 5.32 Å². The van der Waals surface area contributed by atoms with Crippen molar-refractivity contribution in [2.75, 3.05) is 33.5 Å². The van der Waals surface area contributed by atoms with Crippen molar-refractivity contribution in [1.82, 2.24) is 5.32 Å². The van der Waals surface area contributed by atoms with E-state index in [0.29, 0.717) is 25.2 Å².